The molecule has 0 radical (unpaired) electrons. The van der Waals surface area contributed by atoms with E-state index in [1.807, 2.05) is 0 Å². The first-order chi connectivity index (χ1) is 9.93. The molecule has 0 spiro atoms. The zero-order valence-corrected chi connectivity index (χ0v) is 14.1. The number of nitrogens with two attached hydrogens (primary N) is 1. The van der Waals surface area contributed by atoms with Crippen molar-refractivity contribution in [3.05, 3.63) is 28.8 Å². The van der Waals surface area contributed by atoms with Crippen LogP contribution in [-0.2, 0) is 10.0 Å². The maximum Gasteiger partial charge on any atom is 0.244 e. The molecule has 116 valence electrons. The molecular formula is C14H19ClN2O2S2. The topological polar surface area (TPSA) is 63.4 Å². The Morgan fingerprint density at radius 3 is 2.24 bits per heavy atom. The molecule has 0 aromatic heterocycles. The molecule has 0 unspecified atom stereocenters. The number of benzene rings is 1. The van der Waals surface area contributed by atoms with Crippen LogP contribution in [0.3, 0.4) is 0 Å². The molecule has 1 fully saturated rings. The van der Waals surface area contributed by atoms with Crippen molar-refractivity contribution < 1.29 is 8.42 Å². The van der Waals surface area contributed by atoms with Crippen LogP contribution < -0.4 is 5.73 Å². The minimum Gasteiger partial charge on any atom is -0.389 e. The number of rotatable bonds is 3. The van der Waals surface area contributed by atoms with Gasteiger partial charge in [-0.1, -0.05) is 49.1 Å². The lowest BCUT2D eigenvalue weighted by atomic mass is 10.1. The monoisotopic (exact) mass is 346 g/mol. The van der Waals surface area contributed by atoms with Crippen LogP contribution in [0.1, 0.15) is 37.7 Å². The molecule has 1 saturated heterocycles. The van der Waals surface area contributed by atoms with Crippen LogP contribution in [0.2, 0.25) is 5.02 Å². The van der Waals surface area contributed by atoms with Crippen LogP contribution in [0.25, 0.3) is 0 Å². The summed E-state index contributed by atoms with van der Waals surface area (Å²) in [5.74, 6) is 0. The number of sulfonamides is 1. The quantitative estimate of drug-likeness (QED) is 0.855. The fourth-order valence-corrected chi connectivity index (χ4v) is 4.62. The highest BCUT2D eigenvalue weighted by molar-refractivity contribution is 7.89. The summed E-state index contributed by atoms with van der Waals surface area (Å²) >= 11 is 11.0. The summed E-state index contributed by atoms with van der Waals surface area (Å²) in [5, 5.41) is 0.169. The maximum absolute atomic E-state index is 12.7. The first-order valence-corrected chi connectivity index (χ1v) is 9.25. The second-order valence-corrected chi connectivity index (χ2v) is 7.93. The van der Waals surface area contributed by atoms with Gasteiger partial charge in [-0.25, -0.2) is 8.42 Å². The van der Waals surface area contributed by atoms with E-state index in [0.717, 1.165) is 25.7 Å². The summed E-state index contributed by atoms with van der Waals surface area (Å²) in [5.41, 5.74) is 6.11. The van der Waals surface area contributed by atoms with Crippen molar-refractivity contribution in [1.82, 2.24) is 4.31 Å². The largest absolute Gasteiger partial charge is 0.389 e. The van der Waals surface area contributed by atoms with Crippen LogP contribution in [0.4, 0.5) is 0 Å². The van der Waals surface area contributed by atoms with Crippen molar-refractivity contribution in [3.63, 3.8) is 0 Å². The van der Waals surface area contributed by atoms with E-state index < -0.39 is 10.0 Å². The maximum atomic E-state index is 12.7. The summed E-state index contributed by atoms with van der Waals surface area (Å²) in [6.07, 6.45) is 5.10. The number of hydrogen-bond acceptors (Lipinski definition) is 3. The van der Waals surface area contributed by atoms with Crippen LogP contribution in [0.15, 0.2) is 23.1 Å². The van der Waals surface area contributed by atoms with Crippen molar-refractivity contribution >= 4 is 38.8 Å². The molecule has 1 aromatic carbocycles. The van der Waals surface area contributed by atoms with Gasteiger partial charge in [-0.05, 0) is 25.0 Å². The van der Waals surface area contributed by atoms with Gasteiger partial charge in [0.1, 0.15) is 9.88 Å². The molecule has 1 heterocycles. The molecule has 0 aliphatic carbocycles. The normalized spacial score (nSPS) is 18.0. The Morgan fingerprint density at radius 1 is 1.14 bits per heavy atom. The number of halogens is 1. The molecule has 0 bridgehead atoms. The van der Waals surface area contributed by atoms with Gasteiger partial charge >= 0.3 is 0 Å². The second kappa shape index (κ2) is 7.05. The van der Waals surface area contributed by atoms with Gasteiger partial charge in [0.2, 0.25) is 10.0 Å². The Bertz CT molecular complexity index is 624. The highest BCUT2D eigenvalue weighted by atomic mass is 35.5. The summed E-state index contributed by atoms with van der Waals surface area (Å²) in [7, 11) is -3.56. The zero-order chi connectivity index (χ0) is 15.5. The second-order valence-electron chi connectivity index (χ2n) is 5.18. The predicted molar refractivity (Wildman–Crippen MR) is 89.2 cm³/mol. The van der Waals surface area contributed by atoms with Gasteiger partial charge in [-0.3, -0.25) is 0 Å². The first-order valence-electron chi connectivity index (χ1n) is 7.02. The van der Waals surface area contributed by atoms with Crippen LogP contribution in [-0.4, -0.2) is 30.8 Å². The SMILES string of the molecule is NC(=S)c1ccc(S(=O)(=O)N2CCCCCCC2)c(Cl)c1. The molecule has 21 heavy (non-hydrogen) atoms. The number of hydrogen-bond donors (Lipinski definition) is 1. The molecule has 4 nitrogen and oxygen atoms in total. The van der Waals surface area contributed by atoms with E-state index in [2.05, 4.69) is 0 Å². The molecule has 1 aliphatic heterocycles. The van der Waals surface area contributed by atoms with Crippen molar-refractivity contribution in [2.45, 2.75) is 37.0 Å². The fourth-order valence-electron chi connectivity index (χ4n) is 2.46. The Hall–Kier alpha value is -0.690. The number of thiocarbonyl (C=S) groups is 1. The average Bonchev–Trinajstić information content (AvgIpc) is 2.37. The Morgan fingerprint density at radius 2 is 1.71 bits per heavy atom. The van der Waals surface area contributed by atoms with Gasteiger partial charge in [0.25, 0.3) is 0 Å². The molecule has 1 aromatic rings. The third-order valence-corrected chi connectivity index (χ3v) is 6.27. The molecule has 0 saturated carbocycles. The van der Waals surface area contributed by atoms with Gasteiger partial charge in [0, 0.05) is 18.7 Å². The van der Waals surface area contributed by atoms with Gasteiger partial charge < -0.3 is 5.73 Å². The summed E-state index contributed by atoms with van der Waals surface area (Å²) < 4.78 is 27.0. The van der Waals surface area contributed by atoms with E-state index in [1.54, 1.807) is 6.07 Å². The van der Waals surface area contributed by atoms with E-state index in [0.29, 0.717) is 18.7 Å². The minimum absolute atomic E-state index is 0.129. The first kappa shape index (κ1) is 16.7. The molecule has 1 aliphatic rings. The van der Waals surface area contributed by atoms with E-state index >= 15 is 0 Å². The van der Waals surface area contributed by atoms with Crippen molar-refractivity contribution in [2.24, 2.45) is 5.73 Å². The molecule has 0 atom stereocenters. The van der Waals surface area contributed by atoms with E-state index in [1.165, 1.54) is 22.9 Å². The van der Waals surface area contributed by atoms with Gasteiger partial charge in [0.05, 0.1) is 5.02 Å². The summed E-state index contributed by atoms with van der Waals surface area (Å²) in [4.78, 5) is 0.330. The molecular weight excluding hydrogens is 328 g/mol. The Labute approximate surface area is 136 Å². The van der Waals surface area contributed by atoms with Crippen molar-refractivity contribution in [2.75, 3.05) is 13.1 Å². The van der Waals surface area contributed by atoms with Gasteiger partial charge in [0.15, 0.2) is 0 Å². The average molecular weight is 347 g/mol. The van der Waals surface area contributed by atoms with Gasteiger partial charge in [-0.2, -0.15) is 4.31 Å². The van der Waals surface area contributed by atoms with Crippen LogP contribution in [0, 0.1) is 0 Å². The summed E-state index contributed by atoms with van der Waals surface area (Å²) in [6, 6.07) is 4.61. The van der Waals surface area contributed by atoms with Crippen LogP contribution in [0.5, 0.6) is 0 Å². The fraction of sp³-hybridized carbons (Fsp3) is 0.500. The highest BCUT2D eigenvalue weighted by Crippen LogP contribution is 2.27. The lowest BCUT2D eigenvalue weighted by molar-refractivity contribution is 0.364. The third-order valence-electron chi connectivity index (χ3n) is 3.65. The van der Waals surface area contributed by atoms with E-state index in [-0.39, 0.29) is 14.9 Å². The zero-order valence-electron chi connectivity index (χ0n) is 11.7. The molecule has 2 rings (SSSR count). The molecule has 7 heteroatoms. The number of nitrogens with zero attached hydrogens (tertiary/aromatic N) is 1. The Kier molecular flexibility index (Phi) is 5.60. The minimum atomic E-state index is -3.56. The highest BCUT2D eigenvalue weighted by Gasteiger charge is 2.27. The van der Waals surface area contributed by atoms with Crippen molar-refractivity contribution in [3.8, 4) is 0 Å². The van der Waals surface area contributed by atoms with Crippen LogP contribution >= 0.6 is 23.8 Å². The smallest absolute Gasteiger partial charge is 0.244 e. The predicted octanol–water partition coefficient (Wildman–Crippen LogP) is 2.93. The van der Waals surface area contributed by atoms with Gasteiger partial charge in [-0.15, -0.1) is 0 Å². The molecule has 2 N–H and O–H groups in total. The van der Waals surface area contributed by atoms with Crippen molar-refractivity contribution in [1.29, 1.82) is 0 Å². The van der Waals surface area contributed by atoms with E-state index in [4.69, 9.17) is 29.6 Å². The van der Waals surface area contributed by atoms with E-state index in [9.17, 15) is 8.42 Å². The third kappa shape index (κ3) is 3.94. The molecule has 0 amide bonds. The summed E-state index contributed by atoms with van der Waals surface area (Å²) in [6.45, 7) is 1.10. The Balaban J connectivity index is 2.31. The lowest BCUT2D eigenvalue weighted by Gasteiger charge is -2.24. The standard InChI is InChI=1S/C14H19ClN2O2S2/c15-12-10-11(14(16)20)6-7-13(12)21(18,19)17-8-4-2-1-3-5-9-17/h6-7,10H,1-5,8-9H2,(H2,16,20). The lowest BCUT2D eigenvalue weighted by Crippen LogP contribution is -2.34.